The smallest absolute Gasteiger partial charge is 0.244 e. The van der Waals surface area contributed by atoms with Gasteiger partial charge in [-0.25, -0.2) is 0 Å². The third-order valence-corrected chi connectivity index (χ3v) is 6.97. The quantitative estimate of drug-likeness (QED) is 0.598. The maximum atomic E-state index is 10.3. The molecule has 0 spiro atoms. The van der Waals surface area contributed by atoms with E-state index in [-0.39, 0.29) is 10.6 Å². The first-order valence-corrected chi connectivity index (χ1v) is 10.3. The SMILES string of the molecule is CC1C2(c3ccc(Cl)cc3)OC(=N)C1(C#N)C(C#N)(C#N)C(c1ccc(Cl)cc1Cl)O2. The van der Waals surface area contributed by atoms with Crippen molar-refractivity contribution >= 4 is 40.7 Å². The highest BCUT2D eigenvalue weighted by Gasteiger charge is 2.79. The summed E-state index contributed by atoms with van der Waals surface area (Å²) in [4.78, 5) is 0. The van der Waals surface area contributed by atoms with Crippen molar-refractivity contribution in [2.75, 3.05) is 0 Å². The van der Waals surface area contributed by atoms with Gasteiger partial charge >= 0.3 is 0 Å². The standard InChI is InChI=1S/C22H13Cl3N4O2/c1-12-21(11-28)19(29)31-22(12,13-2-4-14(23)5-3-13)30-18(20(21,9-26)10-27)16-7-6-15(24)8-17(16)25/h2-8,12,18,29H,1H3. The lowest BCUT2D eigenvalue weighted by Crippen LogP contribution is -2.57. The molecule has 0 aromatic heterocycles. The number of halogens is 3. The van der Waals surface area contributed by atoms with Crippen LogP contribution in [0.4, 0.5) is 0 Å². The highest BCUT2D eigenvalue weighted by molar-refractivity contribution is 6.35. The van der Waals surface area contributed by atoms with Gasteiger partial charge in [-0.2, -0.15) is 15.8 Å². The van der Waals surface area contributed by atoms with Gasteiger partial charge in [0.15, 0.2) is 5.41 Å². The summed E-state index contributed by atoms with van der Waals surface area (Å²) >= 11 is 18.5. The fourth-order valence-electron chi connectivity index (χ4n) is 4.54. The lowest BCUT2D eigenvalue weighted by molar-refractivity contribution is -0.288. The van der Waals surface area contributed by atoms with Crippen LogP contribution in [0, 0.1) is 56.2 Å². The van der Waals surface area contributed by atoms with E-state index in [2.05, 4.69) is 6.07 Å². The van der Waals surface area contributed by atoms with Gasteiger partial charge < -0.3 is 9.47 Å². The van der Waals surface area contributed by atoms with Crippen molar-refractivity contribution in [3.05, 3.63) is 68.7 Å². The number of hydrogen-bond acceptors (Lipinski definition) is 6. The van der Waals surface area contributed by atoms with E-state index in [1.807, 2.05) is 12.1 Å². The van der Waals surface area contributed by atoms with Crippen LogP contribution in [0.3, 0.4) is 0 Å². The maximum Gasteiger partial charge on any atom is 0.244 e. The molecule has 4 rings (SSSR count). The molecule has 9 heteroatoms. The Hall–Kier alpha value is -2.79. The van der Waals surface area contributed by atoms with Crippen LogP contribution in [-0.4, -0.2) is 5.90 Å². The van der Waals surface area contributed by atoms with Gasteiger partial charge in [-0.1, -0.05) is 59.9 Å². The Kier molecular flexibility index (Phi) is 4.93. The third-order valence-electron chi connectivity index (χ3n) is 6.16. The fourth-order valence-corrected chi connectivity index (χ4v) is 5.18. The van der Waals surface area contributed by atoms with Crippen LogP contribution in [0.1, 0.15) is 24.2 Å². The van der Waals surface area contributed by atoms with Crippen molar-refractivity contribution in [2.24, 2.45) is 16.7 Å². The van der Waals surface area contributed by atoms with Crippen molar-refractivity contribution in [3.63, 3.8) is 0 Å². The van der Waals surface area contributed by atoms with E-state index in [1.54, 1.807) is 43.3 Å². The maximum absolute atomic E-state index is 10.3. The molecule has 0 aliphatic carbocycles. The van der Waals surface area contributed by atoms with Gasteiger partial charge in [0.1, 0.15) is 6.10 Å². The zero-order valence-corrected chi connectivity index (χ0v) is 18.3. The fraction of sp³-hybridized carbons (Fsp3) is 0.273. The van der Waals surface area contributed by atoms with Crippen molar-refractivity contribution in [3.8, 4) is 18.2 Å². The van der Waals surface area contributed by atoms with Crippen LogP contribution in [0.15, 0.2) is 42.5 Å². The van der Waals surface area contributed by atoms with Gasteiger partial charge in [0.25, 0.3) is 0 Å². The summed E-state index contributed by atoms with van der Waals surface area (Å²) in [5, 5.41) is 40.3. The second kappa shape index (κ2) is 7.13. The summed E-state index contributed by atoms with van der Waals surface area (Å²) in [6.07, 6.45) is -1.30. The molecule has 2 saturated heterocycles. The number of hydrogen-bond donors (Lipinski definition) is 1. The molecule has 154 valence electrons. The van der Waals surface area contributed by atoms with Crippen LogP contribution in [0.5, 0.6) is 0 Å². The number of nitrogens with zero attached hydrogens (tertiary/aromatic N) is 3. The number of nitrogens with one attached hydrogen (secondary N) is 1. The number of benzene rings is 2. The van der Waals surface area contributed by atoms with E-state index >= 15 is 0 Å². The van der Waals surface area contributed by atoms with E-state index < -0.39 is 34.5 Å². The molecule has 4 unspecified atom stereocenters. The van der Waals surface area contributed by atoms with Crippen molar-refractivity contribution < 1.29 is 9.47 Å². The molecule has 1 N–H and O–H groups in total. The van der Waals surface area contributed by atoms with Crippen molar-refractivity contribution in [1.29, 1.82) is 21.2 Å². The predicted octanol–water partition coefficient (Wildman–Crippen LogP) is 5.76. The molecule has 0 amide bonds. The van der Waals surface area contributed by atoms with Gasteiger partial charge in [-0.05, 0) is 24.3 Å². The normalized spacial score (nSPS) is 30.5. The van der Waals surface area contributed by atoms with Crippen LogP contribution in [-0.2, 0) is 15.3 Å². The minimum Gasteiger partial charge on any atom is -0.443 e. The molecule has 6 nitrogen and oxygen atoms in total. The van der Waals surface area contributed by atoms with Crippen molar-refractivity contribution in [2.45, 2.75) is 18.8 Å². The highest BCUT2D eigenvalue weighted by atomic mass is 35.5. The van der Waals surface area contributed by atoms with Crippen LogP contribution in [0.2, 0.25) is 15.1 Å². The lowest BCUT2D eigenvalue weighted by atomic mass is 9.53. The first kappa shape index (κ1) is 21.4. The van der Waals surface area contributed by atoms with E-state index in [9.17, 15) is 15.8 Å². The molecule has 2 fully saturated rings. The van der Waals surface area contributed by atoms with E-state index in [4.69, 9.17) is 49.7 Å². The van der Waals surface area contributed by atoms with Gasteiger partial charge in [0.05, 0.1) is 24.1 Å². The monoisotopic (exact) mass is 470 g/mol. The molecule has 2 aromatic carbocycles. The molecule has 2 heterocycles. The van der Waals surface area contributed by atoms with Gasteiger partial charge in [-0.3, -0.25) is 5.41 Å². The van der Waals surface area contributed by atoms with E-state index in [0.29, 0.717) is 15.6 Å². The summed E-state index contributed by atoms with van der Waals surface area (Å²) in [5.41, 5.74) is -3.24. The molecule has 0 saturated carbocycles. The number of rotatable bonds is 2. The highest BCUT2D eigenvalue weighted by Crippen LogP contribution is 2.69. The average Bonchev–Trinajstić information content (AvgIpc) is 2.91. The second-order valence-corrected chi connectivity index (χ2v) is 8.72. The molecule has 2 aromatic rings. The minimum absolute atomic E-state index is 0.159. The Morgan fingerprint density at radius 1 is 0.935 bits per heavy atom. The largest absolute Gasteiger partial charge is 0.443 e. The second-order valence-electron chi connectivity index (χ2n) is 7.44. The molecule has 0 radical (unpaired) electrons. The van der Waals surface area contributed by atoms with E-state index in [1.165, 1.54) is 6.07 Å². The number of fused-ring (bicyclic) bond motifs is 2. The van der Waals surface area contributed by atoms with Gasteiger partial charge in [0.2, 0.25) is 17.1 Å². The lowest BCUT2D eigenvalue weighted by Gasteiger charge is -2.49. The van der Waals surface area contributed by atoms with Crippen LogP contribution in [0.25, 0.3) is 0 Å². The van der Waals surface area contributed by atoms with Crippen LogP contribution < -0.4 is 0 Å². The van der Waals surface area contributed by atoms with Crippen molar-refractivity contribution in [1.82, 2.24) is 0 Å². The molecule has 31 heavy (non-hydrogen) atoms. The Balaban J connectivity index is 2.06. The molecule has 2 aliphatic rings. The topological polar surface area (TPSA) is 114 Å². The van der Waals surface area contributed by atoms with E-state index in [0.717, 1.165) is 0 Å². The average molecular weight is 472 g/mol. The van der Waals surface area contributed by atoms with Gasteiger partial charge in [-0.15, -0.1) is 0 Å². The third kappa shape index (κ3) is 2.56. The zero-order valence-electron chi connectivity index (χ0n) is 16.0. The molecule has 2 bridgehead atoms. The minimum atomic E-state index is -2.11. The summed E-state index contributed by atoms with van der Waals surface area (Å²) in [6.45, 7) is 1.63. The Bertz CT molecular complexity index is 1210. The number of ether oxygens (including phenoxy) is 2. The summed E-state index contributed by atoms with van der Waals surface area (Å²) < 4.78 is 12.3. The zero-order chi connectivity index (χ0) is 22.6. The van der Waals surface area contributed by atoms with Crippen LogP contribution >= 0.6 is 34.8 Å². The number of nitriles is 3. The molecule has 4 atom stereocenters. The summed E-state index contributed by atoms with van der Waals surface area (Å²) in [5.74, 6) is -2.99. The molecular weight excluding hydrogens is 459 g/mol. The predicted molar refractivity (Wildman–Crippen MR) is 113 cm³/mol. The summed E-state index contributed by atoms with van der Waals surface area (Å²) in [7, 11) is 0. The summed E-state index contributed by atoms with van der Waals surface area (Å²) in [6, 6.07) is 17.1. The first-order valence-electron chi connectivity index (χ1n) is 9.13. The van der Waals surface area contributed by atoms with Gasteiger partial charge in [0, 0.05) is 26.2 Å². The molecular formula is C22H13Cl3N4O2. The Morgan fingerprint density at radius 3 is 2.10 bits per heavy atom. The first-order chi connectivity index (χ1) is 14.7. The Labute approximate surface area is 193 Å². The Morgan fingerprint density at radius 2 is 1.55 bits per heavy atom. The molecule has 2 aliphatic heterocycles.